The molecule has 0 saturated heterocycles. The molecule has 0 spiro atoms. The normalized spacial score (nSPS) is 11.7. The second-order valence-electron chi connectivity index (χ2n) is 12.4. The average molecular weight is 626 g/mol. The molecule has 4 nitrogen and oxygen atoms in total. The summed E-state index contributed by atoms with van der Waals surface area (Å²) in [6, 6.07) is 56.8. The standard InChI is InChI=1S/C45H27N3O/c1-3-11-30(12-4-1)43-46-44(31-13-5-2-6-14-31)48-45(47-43)33-16-9-15-32(27-33)28-21-23-29(24-22-28)34-25-26-38-36-18-8-7-17-35(36)37-19-10-20-39-40(37)41(38)42(34)49-39/h1-27H. The molecule has 2 aromatic heterocycles. The van der Waals surface area contributed by atoms with Crippen molar-refractivity contribution < 1.29 is 4.42 Å². The molecule has 0 N–H and O–H groups in total. The predicted octanol–water partition coefficient (Wildman–Crippen LogP) is 11.9. The minimum Gasteiger partial charge on any atom is -0.455 e. The molecule has 0 amide bonds. The Morgan fingerprint density at radius 2 is 0.837 bits per heavy atom. The van der Waals surface area contributed by atoms with Crippen molar-refractivity contribution in [2.75, 3.05) is 0 Å². The van der Waals surface area contributed by atoms with E-state index in [2.05, 4.69) is 103 Å². The molecule has 0 atom stereocenters. The number of aromatic nitrogens is 3. The van der Waals surface area contributed by atoms with E-state index in [4.69, 9.17) is 19.4 Å². The van der Waals surface area contributed by atoms with Crippen LogP contribution in [0.15, 0.2) is 168 Å². The molecular weight excluding hydrogens is 599 g/mol. The van der Waals surface area contributed by atoms with Gasteiger partial charge in [0.15, 0.2) is 17.5 Å². The van der Waals surface area contributed by atoms with Gasteiger partial charge in [0, 0.05) is 33.0 Å². The Hall–Kier alpha value is -6.65. The molecule has 49 heavy (non-hydrogen) atoms. The number of hydrogen-bond acceptors (Lipinski definition) is 4. The van der Waals surface area contributed by atoms with Gasteiger partial charge < -0.3 is 4.42 Å². The van der Waals surface area contributed by atoms with E-state index < -0.39 is 0 Å². The van der Waals surface area contributed by atoms with Gasteiger partial charge in [0.2, 0.25) is 0 Å². The minimum absolute atomic E-state index is 0.640. The first-order valence-corrected chi connectivity index (χ1v) is 16.4. The van der Waals surface area contributed by atoms with Crippen LogP contribution >= 0.6 is 0 Å². The molecule has 10 aromatic rings. The van der Waals surface area contributed by atoms with Crippen molar-refractivity contribution in [1.29, 1.82) is 0 Å². The lowest BCUT2D eigenvalue weighted by molar-refractivity contribution is 0.670. The maximum atomic E-state index is 6.61. The molecule has 0 aliphatic heterocycles. The second kappa shape index (κ2) is 11.0. The van der Waals surface area contributed by atoms with Gasteiger partial charge in [0.25, 0.3) is 0 Å². The lowest BCUT2D eigenvalue weighted by atomic mass is 9.91. The Morgan fingerprint density at radius 3 is 1.51 bits per heavy atom. The van der Waals surface area contributed by atoms with Crippen LogP contribution in [-0.4, -0.2) is 15.0 Å². The van der Waals surface area contributed by atoms with Crippen LogP contribution in [0.2, 0.25) is 0 Å². The number of nitrogens with zero attached hydrogens (tertiary/aromatic N) is 3. The van der Waals surface area contributed by atoms with Gasteiger partial charge in [-0.25, -0.2) is 15.0 Å². The summed E-state index contributed by atoms with van der Waals surface area (Å²) in [5, 5.41) is 7.36. The molecule has 0 saturated carbocycles. The van der Waals surface area contributed by atoms with E-state index in [1.165, 1.54) is 32.3 Å². The zero-order chi connectivity index (χ0) is 32.3. The molecule has 2 heterocycles. The fourth-order valence-electron chi connectivity index (χ4n) is 7.17. The van der Waals surface area contributed by atoms with Crippen molar-refractivity contribution in [2.24, 2.45) is 0 Å². The van der Waals surface area contributed by atoms with Crippen LogP contribution in [-0.2, 0) is 0 Å². The minimum atomic E-state index is 0.640. The lowest BCUT2D eigenvalue weighted by Gasteiger charge is -2.11. The van der Waals surface area contributed by atoms with Gasteiger partial charge in [-0.1, -0.05) is 146 Å². The second-order valence-corrected chi connectivity index (χ2v) is 12.4. The third-order valence-corrected chi connectivity index (χ3v) is 9.50. The third kappa shape index (κ3) is 4.49. The van der Waals surface area contributed by atoms with Gasteiger partial charge in [-0.2, -0.15) is 0 Å². The number of hydrogen-bond donors (Lipinski definition) is 0. The van der Waals surface area contributed by atoms with E-state index in [1.54, 1.807) is 0 Å². The van der Waals surface area contributed by atoms with Crippen molar-refractivity contribution >= 4 is 43.5 Å². The first-order valence-electron chi connectivity index (χ1n) is 16.4. The van der Waals surface area contributed by atoms with Crippen molar-refractivity contribution in [3.8, 4) is 56.4 Å². The highest BCUT2D eigenvalue weighted by atomic mass is 16.3. The van der Waals surface area contributed by atoms with Gasteiger partial charge in [-0.3, -0.25) is 0 Å². The molecule has 0 aliphatic rings. The summed E-state index contributed by atoms with van der Waals surface area (Å²) in [6.07, 6.45) is 0. The van der Waals surface area contributed by atoms with Crippen LogP contribution < -0.4 is 0 Å². The van der Waals surface area contributed by atoms with E-state index in [0.29, 0.717) is 17.5 Å². The number of furan rings is 1. The Bertz CT molecular complexity index is 2750. The van der Waals surface area contributed by atoms with E-state index >= 15 is 0 Å². The van der Waals surface area contributed by atoms with Crippen LogP contribution in [0.1, 0.15) is 0 Å². The van der Waals surface area contributed by atoms with Crippen molar-refractivity contribution in [1.82, 2.24) is 15.0 Å². The van der Waals surface area contributed by atoms with Gasteiger partial charge >= 0.3 is 0 Å². The fourth-order valence-corrected chi connectivity index (χ4v) is 7.17. The monoisotopic (exact) mass is 625 g/mol. The van der Waals surface area contributed by atoms with Gasteiger partial charge in [0.1, 0.15) is 11.2 Å². The van der Waals surface area contributed by atoms with Crippen molar-refractivity contribution in [3.63, 3.8) is 0 Å². The average Bonchev–Trinajstić information content (AvgIpc) is 3.58. The smallest absolute Gasteiger partial charge is 0.164 e. The SMILES string of the molecule is c1ccc(-c2nc(-c3ccccc3)nc(-c3cccc(-c4ccc(-c5ccc6c7ccccc7c7cccc8oc5c6c87)cc4)c3)n2)cc1. The molecular formula is C45H27N3O. The molecule has 0 unspecified atom stereocenters. The first-order chi connectivity index (χ1) is 24.3. The zero-order valence-electron chi connectivity index (χ0n) is 26.3. The van der Waals surface area contributed by atoms with Gasteiger partial charge in [-0.15, -0.1) is 0 Å². The van der Waals surface area contributed by atoms with Gasteiger partial charge in [0.05, 0.1) is 0 Å². The summed E-state index contributed by atoms with van der Waals surface area (Å²) in [6.45, 7) is 0. The molecule has 10 rings (SSSR count). The number of rotatable bonds is 5. The molecule has 8 aromatic carbocycles. The maximum Gasteiger partial charge on any atom is 0.164 e. The third-order valence-electron chi connectivity index (χ3n) is 9.50. The summed E-state index contributed by atoms with van der Waals surface area (Å²) in [7, 11) is 0. The number of fused-ring (bicyclic) bond motifs is 3. The van der Waals surface area contributed by atoms with Gasteiger partial charge in [-0.05, 0) is 56.4 Å². The highest BCUT2D eigenvalue weighted by Gasteiger charge is 2.20. The molecule has 4 heteroatoms. The summed E-state index contributed by atoms with van der Waals surface area (Å²) < 4.78 is 6.61. The van der Waals surface area contributed by atoms with Crippen LogP contribution in [0, 0.1) is 0 Å². The fraction of sp³-hybridized carbons (Fsp3) is 0. The topological polar surface area (TPSA) is 51.8 Å². The molecule has 0 fully saturated rings. The summed E-state index contributed by atoms with van der Waals surface area (Å²) >= 11 is 0. The Balaban J connectivity index is 1.05. The quantitative estimate of drug-likeness (QED) is 0.179. The summed E-state index contributed by atoms with van der Waals surface area (Å²) in [5.41, 5.74) is 9.10. The molecule has 0 bridgehead atoms. The Kier molecular flexibility index (Phi) is 6.15. The van der Waals surface area contributed by atoms with E-state index in [0.717, 1.165) is 50.1 Å². The highest BCUT2D eigenvalue weighted by molar-refractivity contribution is 6.34. The Labute approximate surface area is 282 Å². The first kappa shape index (κ1) is 27.5. The summed E-state index contributed by atoms with van der Waals surface area (Å²) in [4.78, 5) is 14.7. The van der Waals surface area contributed by atoms with Crippen LogP contribution in [0.25, 0.3) is 99.9 Å². The van der Waals surface area contributed by atoms with E-state index in [-0.39, 0.29) is 0 Å². The van der Waals surface area contributed by atoms with E-state index in [1.807, 2.05) is 60.7 Å². The van der Waals surface area contributed by atoms with Crippen LogP contribution in [0.3, 0.4) is 0 Å². The van der Waals surface area contributed by atoms with Crippen molar-refractivity contribution in [2.45, 2.75) is 0 Å². The van der Waals surface area contributed by atoms with E-state index in [9.17, 15) is 0 Å². The maximum absolute atomic E-state index is 6.61. The van der Waals surface area contributed by atoms with Crippen LogP contribution in [0.5, 0.6) is 0 Å². The lowest BCUT2D eigenvalue weighted by Crippen LogP contribution is -2.00. The van der Waals surface area contributed by atoms with Crippen molar-refractivity contribution in [3.05, 3.63) is 164 Å². The summed E-state index contributed by atoms with van der Waals surface area (Å²) in [5.74, 6) is 1.94. The molecule has 228 valence electrons. The Morgan fingerprint density at radius 1 is 0.327 bits per heavy atom. The number of benzene rings is 8. The zero-order valence-corrected chi connectivity index (χ0v) is 26.3. The largest absolute Gasteiger partial charge is 0.455 e. The van der Waals surface area contributed by atoms with Crippen LogP contribution in [0.4, 0.5) is 0 Å². The predicted molar refractivity (Wildman–Crippen MR) is 200 cm³/mol. The molecule has 0 radical (unpaired) electrons. The molecule has 0 aliphatic carbocycles. The highest BCUT2D eigenvalue weighted by Crippen LogP contribution is 2.45.